The SMILES string of the molecule is BrC1C2CCOC2C12CCC2. The van der Waals surface area contributed by atoms with Crippen LogP contribution >= 0.6 is 15.9 Å². The van der Waals surface area contributed by atoms with E-state index in [1.165, 1.54) is 25.7 Å². The molecule has 2 heteroatoms. The van der Waals surface area contributed by atoms with Gasteiger partial charge < -0.3 is 4.74 Å². The van der Waals surface area contributed by atoms with E-state index in [9.17, 15) is 0 Å². The summed E-state index contributed by atoms with van der Waals surface area (Å²) in [5.74, 6) is 0.857. The fourth-order valence-corrected chi connectivity index (χ4v) is 4.37. The summed E-state index contributed by atoms with van der Waals surface area (Å²) in [5, 5.41) is 0. The number of ether oxygens (including phenoxy) is 1. The molecule has 1 spiro atoms. The van der Waals surface area contributed by atoms with Crippen LogP contribution in [0.3, 0.4) is 0 Å². The van der Waals surface area contributed by atoms with E-state index in [4.69, 9.17) is 4.74 Å². The van der Waals surface area contributed by atoms with E-state index in [0.29, 0.717) is 11.5 Å². The van der Waals surface area contributed by atoms with Gasteiger partial charge in [-0.3, -0.25) is 0 Å². The Morgan fingerprint density at radius 1 is 1.36 bits per heavy atom. The van der Waals surface area contributed by atoms with Crippen molar-refractivity contribution in [3.63, 3.8) is 0 Å². The summed E-state index contributed by atoms with van der Waals surface area (Å²) in [4.78, 5) is 0.788. The van der Waals surface area contributed by atoms with Crippen LogP contribution in [-0.4, -0.2) is 17.5 Å². The Labute approximate surface area is 75.6 Å². The van der Waals surface area contributed by atoms with Crippen LogP contribution in [0.1, 0.15) is 25.7 Å². The fraction of sp³-hybridized carbons (Fsp3) is 1.00. The molecule has 3 aliphatic rings. The highest BCUT2D eigenvalue weighted by atomic mass is 79.9. The molecule has 2 aliphatic carbocycles. The lowest BCUT2D eigenvalue weighted by Gasteiger charge is -2.61. The van der Waals surface area contributed by atoms with Crippen LogP contribution in [0.5, 0.6) is 0 Å². The Balaban J connectivity index is 1.86. The zero-order chi connectivity index (χ0) is 7.47. The van der Waals surface area contributed by atoms with Gasteiger partial charge in [0.05, 0.1) is 6.10 Å². The van der Waals surface area contributed by atoms with E-state index in [1.54, 1.807) is 0 Å². The van der Waals surface area contributed by atoms with Gasteiger partial charge in [0.25, 0.3) is 0 Å². The van der Waals surface area contributed by atoms with Gasteiger partial charge in [0.1, 0.15) is 0 Å². The third-order valence-corrected chi connectivity index (χ3v) is 5.50. The first-order valence-electron chi connectivity index (χ1n) is 4.60. The van der Waals surface area contributed by atoms with Crippen molar-refractivity contribution in [1.29, 1.82) is 0 Å². The largest absolute Gasteiger partial charge is 0.377 e. The minimum Gasteiger partial charge on any atom is -0.377 e. The van der Waals surface area contributed by atoms with Crippen molar-refractivity contribution < 1.29 is 4.74 Å². The molecular formula is C9H13BrO. The van der Waals surface area contributed by atoms with Crippen LogP contribution < -0.4 is 0 Å². The quantitative estimate of drug-likeness (QED) is 0.566. The van der Waals surface area contributed by atoms with Crippen LogP contribution in [0.15, 0.2) is 0 Å². The highest BCUT2D eigenvalue weighted by molar-refractivity contribution is 9.09. The van der Waals surface area contributed by atoms with Gasteiger partial charge in [-0.25, -0.2) is 0 Å². The average Bonchev–Trinajstić information content (AvgIpc) is 2.29. The average molecular weight is 217 g/mol. The Hall–Kier alpha value is 0.440. The molecule has 0 amide bonds. The third kappa shape index (κ3) is 0.627. The van der Waals surface area contributed by atoms with Crippen molar-refractivity contribution in [2.45, 2.75) is 36.6 Å². The molecule has 1 aliphatic heterocycles. The molecule has 0 N–H and O–H groups in total. The van der Waals surface area contributed by atoms with Crippen molar-refractivity contribution in [3.8, 4) is 0 Å². The Bertz CT molecular complexity index is 188. The van der Waals surface area contributed by atoms with E-state index in [0.717, 1.165) is 17.4 Å². The summed E-state index contributed by atoms with van der Waals surface area (Å²) in [6, 6.07) is 0. The predicted molar refractivity (Wildman–Crippen MR) is 46.8 cm³/mol. The minimum atomic E-state index is 0.598. The summed E-state index contributed by atoms with van der Waals surface area (Å²) in [5.41, 5.74) is 0.598. The Kier molecular flexibility index (Phi) is 1.27. The summed E-state index contributed by atoms with van der Waals surface area (Å²) >= 11 is 3.82. The maximum absolute atomic E-state index is 5.75. The third-order valence-electron chi connectivity index (χ3n) is 3.91. The topological polar surface area (TPSA) is 9.23 Å². The number of halogens is 1. The first-order chi connectivity index (χ1) is 5.34. The second-order valence-electron chi connectivity index (χ2n) is 4.23. The first-order valence-corrected chi connectivity index (χ1v) is 5.52. The molecule has 2 saturated carbocycles. The van der Waals surface area contributed by atoms with Gasteiger partial charge in [0, 0.05) is 22.8 Å². The molecule has 0 bridgehead atoms. The van der Waals surface area contributed by atoms with E-state index in [1.807, 2.05) is 0 Å². The lowest BCUT2D eigenvalue weighted by molar-refractivity contribution is -0.137. The number of hydrogen-bond donors (Lipinski definition) is 0. The second kappa shape index (κ2) is 2.02. The molecule has 0 aromatic rings. The molecular weight excluding hydrogens is 204 g/mol. The number of hydrogen-bond acceptors (Lipinski definition) is 1. The molecule has 1 nitrogen and oxygen atoms in total. The van der Waals surface area contributed by atoms with Crippen LogP contribution in [0, 0.1) is 11.3 Å². The van der Waals surface area contributed by atoms with Crippen LogP contribution in [0.25, 0.3) is 0 Å². The van der Waals surface area contributed by atoms with Gasteiger partial charge in [-0.2, -0.15) is 0 Å². The minimum absolute atomic E-state index is 0.598. The number of fused-ring (bicyclic) bond motifs is 2. The van der Waals surface area contributed by atoms with Crippen molar-refractivity contribution in [1.82, 2.24) is 0 Å². The van der Waals surface area contributed by atoms with Crippen molar-refractivity contribution in [3.05, 3.63) is 0 Å². The predicted octanol–water partition coefficient (Wildman–Crippen LogP) is 2.34. The fourth-order valence-electron chi connectivity index (χ4n) is 3.11. The van der Waals surface area contributed by atoms with Crippen LogP contribution in [0.2, 0.25) is 0 Å². The highest BCUT2D eigenvalue weighted by Crippen LogP contribution is 2.65. The molecule has 3 atom stereocenters. The normalized spacial score (nSPS) is 51.5. The van der Waals surface area contributed by atoms with Crippen molar-refractivity contribution >= 4 is 15.9 Å². The van der Waals surface area contributed by atoms with E-state index in [-0.39, 0.29) is 0 Å². The molecule has 1 heterocycles. The van der Waals surface area contributed by atoms with Crippen molar-refractivity contribution in [2.75, 3.05) is 6.61 Å². The molecule has 3 unspecified atom stereocenters. The zero-order valence-corrected chi connectivity index (χ0v) is 8.14. The smallest absolute Gasteiger partial charge is 0.0681 e. The molecule has 0 radical (unpaired) electrons. The number of alkyl halides is 1. The Morgan fingerprint density at radius 3 is 2.82 bits per heavy atom. The molecule has 1 saturated heterocycles. The number of rotatable bonds is 0. The zero-order valence-electron chi connectivity index (χ0n) is 6.55. The van der Waals surface area contributed by atoms with Gasteiger partial charge in [0.15, 0.2) is 0 Å². The van der Waals surface area contributed by atoms with E-state index >= 15 is 0 Å². The van der Waals surface area contributed by atoms with Gasteiger partial charge in [-0.1, -0.05) is 22.4 Å². The van der Waals surface area contributed by atoms with Gasteiger partial charge in [-0.05, 0) is 19.3 Å². The monoisotopic (exact) mass is 216 g/mol. The lowest BCUT2D eigenvalue weighted by atomic mass is 9.50. The van der Waals surface area contributed by atoms with E-state index < -0.39 is 0 Å². The lowest BCUT2D eigenvalue weighted by Crippen LogP contribution is -2.63. The second-order valence-corrected chi connectivity index (χ2v) is 5.22. The Morgan fingerprint density at radius 2 is 2.18 bits per heavy atom. The van der Waals surface area contributed by atoms with Crippen LogP contribution in [0.4, 0.5) is 0 Å². The van der Waals surface area contributed by atoms with Gasteiger partial charge in [0.2, 0.25) is 0 Å². The highest BCUT2D eigenvalue weighted by Gasteiger charge is 2.65. The van der Waals surface area contributed by atoms with Gasteiger partial charge >= 0.3 is 0 Å². The van der Waals surface area contributed by atoms with Crippen molar-refractivity contribution in [2.24, 2.45) is 11.3 Å². The molecule has 0 aromatic heterocycles. The van der Waals surface area contributed by atoms with Gasteiger partial charge in [-0.15, -0.1) is 0 Å². The molecule has 62 valence electrons. The maximum atomic E-state index is 5.75. The first kappa shape index (κ1) is 6.90. The van der Waals surface area contributed by atoms with Crippen LogP contribution in [-0.2, 0) is 4.74 Å². The summed E-state index contributed by atoms with van der Waals surface area (Å²) in [7, 11) is 0. The molecule has 3 rings (SSSR count). The standard InChI is InChI=1S/C9H13BrO/c10-7-6-2-5-11-8(6)9(7)3-1-4-9/h6-8H,1-5H2. The summed E-state index contributed by atoms with van der Waals surface area (Å²) in [6.07, 6.45) is 6.17. The summed E-state index contributed by atoms with van der Waals surface area (Å²) in [6.45, 7) is 1.01. The van der Waals surface area contributed by atoms with E-state index in [2.05, 4.69) is 15.9 Å². The molecule has 0 aromatic carbocycles. The molecule has 3 fully saturated rings. The summed E-state index contributed by atoms with van der Waals surface area (Å²) < 4.78 is 5.75. The maximum Gasteiger partial charge on any atom is 0.0681 e. The molecule has 11 heavy (non-hydrogen) atoms.